The van der Waals surface area contributed by atoms with Gasteiger partial charge in [0.2, 0.25) is 0 Å². The van der Waals surface area contributed by atoms with Crippen molar-refractivity contribution in [1.82, 2.24) is 0 Å². The molecule has 0 spiro atoms. The molecule has 0 unspecified atom stereocenters. The van der Waals surface area contributed by atoms with E-state index in [4.69, 9.17) is 26.8 Å². The number of hydrogen-bond acceptors (Lipinski definition) is 3. The lowest BCUT2D eigenvalue weighted by Gasteiger charge is -2.12. The summed E-state index contributed by atoms with van der Waals surface area (Å²) in [6, 6.07) is 13.7. The second kappa shape index (κ2) is 8.03. The van der Waals surface area contributed by atoms with Gasteiger partial charge in [-0.25, -0.2) is 0 Å². The normalized spacial score (nSPS) is 10.6. The van der Waals surface area contributed by atoms with Gasteiger partial charge in [0.15, 0.2) is 0 Å². The molecule has 0 radical (unpaired) electrons. The molecule has 0 fully saturated rings. The van der Waals surface area contributed by atoms with E-state index in [1.165, 1.54) is 5.56 Å². The van der Waals surface area contributed by atoms with Crippen molar-refractivity contribution in [2.75, 3.05) is 20.3 Å². The Morgan fingerprint density at radius 2 is 1.81 bits per heavy atom. The maximum atomic E-state index is 6.23. The highest BCUT2D eigenvalue weighted by Crippen LogP contribution is 2.33. The van der Waals surface area contributed by atoms with Gasteiger partial charge in [0.05, 0.1) is 11.6 Å². The summed E-state index contributed by atoms with van der Waals surface area (Å²) in [5.74, 6) is 1.46. The molecule has 0 aliphatic heterocycles. The molecule has 3 nitrogen and oxygen atoms in total. The molecule has 0 amide bonds. The van der Waals surface area contributed by atoms with Crippen LogP contribution in [0.3, 0.4) is 0 Å². The molecule has 0 aliphatic rings. The summed E-state index contributed by atoms with van der Waals surface area (Å²) in [6.45, 7) is 1.28. The van der Waals surface area contributed by atoms with Crippen molar-refractivity contribution >= 4 is 11.6 Å². The second-order valence-electron chi connectivity index (χ2n) is 4.76. The van der Waals surface area contributed by atoms with Crippen LogP contribution >= 0.6 is 11.6 Å². The number of para-hydroxylation sites is 1. The highest BCUT2D eigenvalue weighted by atomic mass is 35.5. The molecule has 112 valence electrons. The fourth-order valence-corrected chi connectivity index (χ4v) is 2.31. The average molecular weight is 306 g/mol. The van der Waals surface area contributed by atoms with E-state index in [9.17, 15) is 0 Å². The first-order valence-corrected chi connectivity index (χ1v) is 7.35. The summed E-state index contributed by atoms with van der Waals surface area (Å²) in [7, 11) is 1.70. The molecular formula is C17H20ClNO2. The van der Waals surface area contributed by atoms with Gasteiger partial charge in [-0.1, -0.05) is 35.9 Å². The van der Waals surface area contributed by atoms with Gasteiger partial charge in [-0.2, -0.15) is 0 Å². The van der Waals surface area contributed by atoms with Crippen molar-refractivity contribution in [2.45, 2.75) is 12.8 Å². The van der Waals surface area contributed by atoms with Crippen LogP contribution in [0.5, 0.6) is 11.5 Å². The minimum Gasteiger partial charge on any atom is -0.456 e. The summed E-state index contributed by atoms with van der Waals surface area (Å²) in [5, 5.41) is 0.601. The predicted octanol–water partition coefficient (Wildman–Crippen LogP) is 3.82. The Morgan fingerprint density at radius 1 is 1.05 bits per heavy atom. The molecule has 0 atom stereocenters. The third-order valence-electron chi connectivity index (χ3n) is 3.20. The third-order valence-corrected chi connectivity index (χ3v) is 3.50. The standard InChI is InChI=1S/C17H20ClNO2/c1-20-12-10-13-5-7-15(8-6-13)21-17-14(9-11-19)3-2-4-16(17)18/h2-8H,9-12,19H2,1H3. The van der Waals surface area contributed by atoms with Crippen LogP contribution in [-0.2, 0) is 17.6 Å². The summed E-state index contributed by atoms with van der Waals surface area (Å²) >= 11 is 6.23. The van der Waals surface area contributed by atoms with Crippen molar-refractivity contribution in [3.05, 3.63) is 58.6 Å². The molecule has 21 heavy (non-hydrogen) atoms. The van der Waals surface area contributed by atoms with Crippen molar-refractivity contribution in [3.8, 4) is 11.5 Å². The quantitative estimate of drug-likeness (QED) is 0.845. The predicted molar refractivity (Wildman–Crippen MR) is 86.3 cm³/mol. The Labute approximate surface area is 130 Å². The first kappa shape index (κ1) is 15.8. The second-order valence-corrected chi connectivity index (χ2v) is 5.16. The van der Waals surface area contributed by atoms with Crippen LogP contribution in [0.15, 0.2) is 42.5 Å². The lowest BCUT2D eigenvalue weighted by Crippen LogP contribution is -2.04. The Morgan fingerprint density at radius 3 is 2.48 bits per heavy atom. The highest BCUT2D eigenvalue weighted by molar-refractivity contribution is 6.32. The maximum absolute atomic E-state index is 6.23. The molecule has 2 N–H and O–H groups in total. The number of hydrogen-bond donors (Lipinski definition) is 1. The van der Waals surface area contributed by atoms with Gasteiger partial charge in [0, 0.05) is 7.11 Å². The van der Waals surface area contributed by atoms with Crippen LogP contribution in [0.2, 0.25) is 5.02 Å². The van der Waals surface area contributed by atoms with E-state index in [0.29, 0.717) is 23.9 Å². The largest absolute Gasteiger partial charge is 0.456 e. The smallest absolute Gasteiger partial charge is 0.149 e. The monoisotopic (exact) mass is 305 g/mol. The number of rotatable bonds is 7. The van der Waals surface area contributed by atoms with Crippen molar-refractivity contribution in [3.63, 3.8) is 0 Å². The van der Waals surface area contributed by atoms with Gasteiger partial charge in [-0.3, -0.25) is 0 Å². The lowest BCUT2D eigenvalue weighted by atomic mass is 10.1. The van der Waals surface area contributed by atoms with Gasteiger partial charge in [-0.15, -0.1) is 0 Å². The number of nitrogens with two attached hydrogens (primary N) is 1. The van der Waals surface area contributed by atoms with Crippen molar-refractivity contribution in [2.24, 2.45) is 5.73 Å². The molecule has 2 aromatic carbocycles. The van der Waals surface area contributed by atoms with E-state index in [1.54, 1.807) is 7.11 Å². The number of benzene rings is 2. The van der Waals surface area contributed by atoms with Crippen LogP contribution in [0.1, 0.15) is 11.1 Å². The van der Waals surface area contributed by atoms with Crippen molar-refractivity contribution in [1.29, 1.82) is 0 Å². The molecule has 0 bridgehead atoms. The van der Waals surface area contributed by atoms with E-state index in [1.807, 2.05) is 42.5 Å². The van der Waals surface area contributed by atoms with E-state index >= 15 is 0 Å². The number of methoxy groups -OCH3 is 1. The Bertz CT molecular complexity index is 570. The molecule has 2 rings (SSSR count). The summed E-state index contributed by atoms with van der Waals surface area (Å²) in [4.78, 5) is 0. The van der Waals surface area contributed by atoms with Crippen LogP contribution in [0.25, 0.3) is 0 Å². The fraction of sp³-hybridized carbons (Fsp3) is 0.294. The first-order valence-electron chi connectivity index (χ1n) is 6.97. The summed E-state index contributed by atoms with van der Waals surface area (Å²) < 4.78 is 11.0. The van der Waals surface area contributed by atoms with Gasteiger partial charge in [-0.05, 0) is 48.7 Å². The SMILES string of the molecule is COCCc1ccc(Oc2c(Cl)cccc2CCN)cc1. The average Bonchev–Trinajstić information content (AvgIpc) is 2.50. The van der Waals surface area contributed by atoms with Crippen LogP contribution in [-0.4, -0.2) is 20.3 Å². The molecular weight excluding hydrogens is 286 g/mol. The molecule has 0 aromatic heterocycles. The van der Waals surface area contributed by atoms with E-state index in [0.717, 1.165) is 24.2 Å². The third kappa shape index (κ3) is 4.46. The highest BCUT2D eigenvalue weighted by Gasteiger charge is 2.09. The number of ether oxygens (including phenoxy) is 2. The molecule has 0 saturated carbocycles. The van der Waals surface area contributed by atoms with Gasteiger partial charge >= 0.3 is 0 Å². The van der Waals surface area contributed by atoms with Crippen molar-refractivity contribution < 1.29 is 9.47 Å². The zero-order valence-electron chi connectivity index (χ0n) is 12.1. The Hall–Kier alpha value is -1.55. The summed E-state index contributed by atoms with van der Waals surface area (Å²) in [6.07, 6.45) is 1.63. The minimum atomic E-state index is 0.562. The maximum Gasteiger partial charge on any atom is 0.149 e. The lowest BCUT2D eigenvalue weighted by molar-refractivity contribution is 0.202. The zero-order chi connectivity index (χ0) is 15.1. The zero-order valence-corrected chi connectivity index (χ0v) is 12.9. The fourth-order valence-electron chi connectivity index (χ4n) is 2.08. The van der Waals surface area contributed by atoms with Crippen LogP contribution in [0.4, 0.5) is 0 Å². The van der Waals surface area contributed by atoms with E-state index < -0.39 is 0 Å². The number of halogens is 1. The molecule has 0 aliphatic carbocycles. The molecule has 0 heterocycles. The minimum absolute atomic E-state index is 0.562. The topological polar surface area (TPSA) is 44.5 Å². The molecule has 4 heteroatoms. The first-order chi connectivity index (χ1) is 10.2. The van der Waals surface area contributed by atoms with Gasteiger partial charge in [0.1, 0.15) is 11.5 Å². The Balaban J connectivity index is 2.14. The Kier molecular flexibility index (Phi) is 6.05. The van der Waals surface area contributed by atoms with E-state index in [2.05, 4.69) is 0 Å². The molecule has 0 saturated heterocycles. The van der Waals surface area contributed by atoms with E-state index in [-0.39, 0.29) is 0 Å². The van der Waals surface area contributed by atoms with Gasteiger partial charge < -0.3 is 15.2 Å². The summed E-state index contributed by atoms with van der Waals surface area (Å²) in [5.41, 5.74) is 7.86. The van der Waals surface area contributed by atoms with Gasteiger partial charge in [0.25, 0.3) is 0 Å². The molecule has 2 aromatic rings. The van der Waals surface area contributed by atoms with Crippen LogP contribution < -0.4 is 10.5 Å². The van der Waals surface area contributed by atoms with Crippen LogP contribution in [0, 0.1) is 0 Å².